The highest BCUT2D eigenvalue weighted by Gasteiger charge is 2.41. The van der Waals surface area contributed by atoms with E-state index in [0.29, 0.717) is 0 Å². The minimum atomic E-state index is -5.51. The van der Waals surface area contributed by atoms with Crippen LogP contribution in [0, 0.1) is 0 Å². The zero-order chi connectivity index (χ0) is 34.5. The number of ether oxygens (including phenoxy) is 1. The molecular formula is C23H8ClF15N2O3S. The zero-order valence-electron chi connectivity index (χ0n) is 20.7. The lowest BCUT2D eigenvalue weighted by atomic mass is 10.0. The van der Waals surface area contributed by atoms with E-state index in [4.69, 9.17) is 11.6 Å². The molecular weight excluding hydrogens is 705 g/mol. The second-order valence-corrected chi connectivity index (χ2v) is 10.1. The number of anilines is 1. The third-order valence-corrected chi connectivity index (χ3v) is 6.58. The first-order chi connectivity index (χ1) is 20.2. The number of esters is 1. The Bertz CT molecular complexity index is 1540. The van der Waals surface area contributed by atoms with E-state index in [-0.39, 0.29) is 46.6 Å². The van der Waals surface area contributed by atoms with Crippen molar-refractivity contribution in [1.82, 2.24) is 4.98 Å². The molecule has 2 aromatic carbocycles. The van der Waals surface area contributed by atoms with E-state index in [1.54, 1.807) is 0 Å². The van der Waals surface area contributed by atoms with Gasteiger partial charge in [-0.1, -0.05) is 22.9 Å². The minimum absolute atomic E-state index is 0.131. The van der Waals surface area contributed by atoms with Crippen LogP contribution in [0.2, 0.25) is 4.34 Å². The second kappa shape index (κ2) is 11.9. The molecule has 0 atom stereocenters. The summed E-state index contributed by atoms with van der Waals surface area (Å²) in [6, 6.07) is -1.37. The number of alkyl halides is 15. The third-order valence-electron chi connectivity index (χ3n) is 5.30. The molecule has 3 aromatic rings. The number of hydrogen-bond acceptors (Lipinski definition) is 5. The topological polar surface area (TPSA) is 59.5 Å². The van der Waals surface area contributed by atoms with Crippen LogP contribution >= 0.6 is 22.9 Å². The second-order valence-electron chi connectivity index (χ2n) is 8.50. The van der Waals surface area contributed by atoms with Gasteiger partial charge < -0.3 is 4.74 Å². The number of halogens is 16. The van der Waals surface area contributed by atoms with Crippen LogP contribution in [-0.4, -0.2) is 23.6 Å². The number of carbonyl (C=O) groups excluding carboxylic acids is 2. The maximum atomic E-state index is 13.3. The molecule has 1 heterocycles. The average Bonchev–Trinajstić information content (AvgIpc) is 3.27. The molecule has 0 fully saturated rings. The lowest BCUT2D eigenvalue weighted by molar-refractivity contribution is -0.144. The first-order valence-corrected chi connectivity index (χ1v) is 12.2. The number of benzene rings is 2. The Morgan fingerprint density at radius 2 is 1.02 bits per heavy atom. The molecule has 3 rings (SSSR count). The summed E-state index contributed by atoms with van der Waals surface area (Å²) in [7, 11) is 0. The standard InChI is InChI=1S/C23H8ClF15N2O3S/c24-15-14(23(37,38)39)40-18(45-15)41(16(42)8-1-10(19(25,26)27)5-11(2-8)20(28,29)30)7-44-17(43)9-3-12(21(31,32)33)6-13(4-9)22(34,35)36/h1-6H,7H2. The maximum absolute atomic E-state index is 13.3. The molecule has 246 valence electrons. The van der Waals surface area contributed by atoms with Gasteiger partial charge in [0.05, 0.1) is 27.8 Å². The van der Waals surface area contributed by atoms with E-state index in [2.05, 4.69) is 9.72 Å². The van der Waals surface area contributed by atoms with Crippen molar-refractivity contribution in [2.24, 2.45) is 0 Å². The fraction of sp³-hybridized carbons (Fsp3) is 0.261. The highest BCUT2D eigenvalue weighted by atomic mass is 35.5. The molecule has 0 aliphatic carbocycles. The first kappa shape index (κ1) is 35.7. The Balaban J connectivity index is 2.13. The highest BCUT2D eigenvalue weighted by Crippen LogP contribution is 2.42. The SMILES string of the molecule is O=C(OCN(C(=O)c1cc(C(F)(F)F)cc(C(F)(F)F)c1)c1nc(C(F)(F)F)c(Cl)s1)c1cc(C(F)(F)F)cc(C(F)(F)F)c1. The molecule has 0 spiro atoms. The van der Waals surface area contributed by atoms with E-state index in [1.165, 1.54) is 0 Å². The fourth-order valence-electron chi connectivity index (χ4n) is 3.30. The summed E-state index contributed by atoms with van der Waals surface area (Å²) in [5.74, 6) is -4.11. The van der Waals surface area contributed by atoms with Gasteiger partial charge in [-0.3, -0.25) is 4.79 Å². The van der Waals surface area contributed by atoms with Crippen molar-refractivity contribution < 1.29 is 80.2 Å². The lowest BCUT2D eigenvalue weighted by Crippen LogP contribution is -2.35. The maximum Gasteiger partial charge on any atom is 0.435 e. The van der Waals surface area contributed by atoms with Gasteiger partial charge >= 0.3 is 36.9 Å². The molecule has 0 saturated heterocycles. The molecule has 0 unspecified atom stereocenters. The van der Waals surface area contributed by atoms with Crippen LogP contribution in [0.4, 0.5) is 71.0 Å². The van der Waals surface area contributed by atoms with E-state index < -0.39 is 104 Å². The van der Waals surface area contributed by atoms with Gasteiger partial charge in [0.1, 0.15) is 4.34 Å². The average molecular weight is 713 g/mol. The predicted octanol–water partition coefficient (Wildman–Crippen LogP) is 9.35. The largest absolute Gasteiger partial charge is 0.440 e. The summed E-state index contributed by atoms with van der Waals surface area (Å²) in [4.78, 5) is 28.3. The van der Waals surface area contributed by atoms with Gasteiger partial charge in [0.25, 0.3) is 5.91 Å². The van der Waals surface area contributed by atoms with Crippen molar-refractivity contribution in [2.75, 3.05) is 11.6 Å². The molecule has 0 radical (unpaired) electrons. The Hall–Kier alpha value is -3.75. The number of amides is 1. The number of aromatic nitrogens is 1. The van der Waals surface area contributed by atoms with Gasteiger partial charge in [0.15, 0.2) is 17.6 Å². The van der Waals surface area contributed by atoms with E-state index >= 15 is 0 Å². The molecule has 0 N–H and O–H groups in total. The molecule has 0 aliphatic heterocycles. The van der Waals surface area contributed by atoms with Crippen molar-refractivity contribution in [2.45, 2.75) is 30.9 Å². The smallest absolute Gasteiger partial charge is 0.435 e. The van der Waals surface area contributed by atoms with E-state index in [9.17, 15) is 75.4 Å². The van der Waals surface area contributed by atoms with Gasteiger partial charge in [-0.15, -0.1) is 0 Å². The Kier molecular flexibility index (Phi) is 9.43. The molecule has 5 nitrogen and oxygen atoms in total. The molecule has 1 aromatic heterocycles. The molecule has 0 bridgehead atoms. The molecule has 0 aliphatic rings. The van der Waals surface area contributed by atoms with Gasteiger partial charge in [-0.2, -0.15) is 65.9 Å². The normalized spacial score (nSPS) is 13.2. The van der Waals surface area contributed by atoms with Crippen LogP contribution in [-0.2, 0) is 35.6 Å². The third kappa shape index (κ3) is 8.50. The first-order valence-electron chi connectivity index (χ1n) is 11.0. The van der Waals surface area contributed by atoms with Crippen molar-refractivity contribution in [3.63, 3.8) is 0 Å². The number of carbonyl (C=O) groups is 2. The molecule has 22 heteroatoms. The number of nitrogens with zero attached hydrogens (tertiary/aromatic N) is 2. The summed E-state index contributed by atoms with van der Waals surface area (Å²) >= 11 is 5.21. The Labute approximate surface area is 247 Å². The Morgan fingerprint density at radius 1 is 0.644 bits per heavy atom. The highest BCUT2D eigenvalue weighted by molar-refractivity contribution is 7.19. The number of thiazole rings is 1. The fourth-order valence-corrected chi connectivity index (χ4v) is 4.45. The van der Waals surface area contributed by atoms with Crippen LogP contribution < -0.4 is 4.90 Å². The van der Waals surface area contributed by atoms with E-state index in [1.807, 2.05) is 0 Å². The molecule has 45 heavy (non-hydrogen) atoms. The summed E-state index contributed by atoms with van der Waals surface area (Å²) < 4.78 is 202. The van der Waals surface area contributed by atoms with Crippen molar-refractivity contribution in [3.05, 3.63) is 79.8 Å². The van der Waals surface area contributed by atoms with Gasteiger partial charge in [0.2, 0.25) is 0 Å². The molecule has 1 amide bonds. The minimum Gasteiger partial charge on any atom is -0.440 e. The number of hydrogen-bond donors (Lipinski definition) is 0. The summed E-state index contributed by atoms with van der Waals surface area (Å²) in [6.07, 6.45) is -27.3. The van der Waals surface area contributed by atoms with Crippen molar-refractivity contribution in [1.29, 1.82) is 0 Å². The van der Waals surface area contributed by atoms with Gasteiger partial charge in [-0.25, -0.2) is 14.7 Å². The Morgan fingerprint density at radius 3 is 1.36 bits per heavy atom. The zero-order valence-corrected chi connectivity index (χ0v) is 22.3. The predicted molar refractivity (Wildman–Crippen MR) is 122 cm³/mol. The van der Waals surface area contributed by atoms with Crippen LogP contribution in [0.1, 0.15) is 48.7 Å². The van der Waals surface area contributed by atoms with Crippen LogP contribution in [0.5, 0.6) is 0 Å². The van der Waals surface area contributed by atoms with Crippen molar-refractivity contribution in [3.8, 4) is 0 Å². The lowest BCUT2D eigenvalue weighted by Gasteiger charge is -2.21. The molecule has 0 saturated carbocycles. The summed E-state index contributed by atoms with van der Waals surface area (Å²) in [6.45, 7) is -1.80. The van der Waals surface area contributed by atoms with Gasteiger partial charge in [-0.05, 0) is 36.4 Å². The summed E-state index contributed by atoms with van der Waals surface area (Å²) in [5, 5.41) is -1.25. The van der Waals surface area contributed by atoms with E-state index in [0.717, 1.165) is 0 Å². The van der Waals surface area contributed by atoms with Crippen LogP contribution in [0.15, 0.2) is 36.4 Å². The quantitative estimate of drug-likeness (QED) is 0.150. The monoisotopic (exact) mass is 712 g/mol. The summed E-state index contributed by atoms with van der Waals surface area (Å²) in [5.41, 5.74) is -13.0. The van der Waals surface area contributed by atoms with Gasteiger partial charge in [0, 0.05) is 5.56 Å². The van der Waals surface area contributed by atoms with Crippen LogP contribution in [0.25, 0.3) is 0 Å². The van der Waals surface area contributed by atoms with Crippen LogP contribution in [0.3, 0.4) is 0 Å². The number of rotatable bonds is 5. The van der Waals surface area contributed by atoms with Crippen molar-refractivity contribution >= 4 is 39.9 Å².